The third kappa shape index (κ3) is 5.01. The number of anilines is 2. The van der Waals surface area contributed by atoms with Crippen molar-refractivity contribution in [3.8, 4) is 0 Å². The van der Waals surface area contributed by atoms with Crippen LogP contribution >= 0.6 is 11.6 Å². The topological polar surface area (TPSA) is 66.5 Å². The lowest BCUT2D eigenvalue weighted by Crippen LogP contribution is -2.38. The fourth-order valence-corrected chi connectivity index (χ4v) is 4.53. The van der Waals surface area contributed by atoms with Crippen molar-refractivity contribution in [3.63, 3.8) is 0 Å². The first-order chi connectivity index (χ1) is 14.2. The van der Waals surface area contributed by atoms with Gasteiger partial charge in [-0.2, -0.15) is 0 Å². The van der Waals surface area contributed by atoms with Crippen molar-refractivity contribution in [2.75, 3.05) is 16.2 Å². The van der Waals surface area contributed by atoms with Crippen molar-refractivity contribution in [1.82, 2.24) is 0 Å². The molecule has 3 rings (SSSR count). The summed E-state index contributed by atoms with van der Waals surface area (Å²) in [5.74, 6) is -0.451. The standard InChI is InChI=1S/C23H23ClN2O3S/c1-16-7-11-21(12-8-16)30(28,29)26(20-10-9-18(3)22(24)14-20)15-23(27)25-19-6-4-5-17(2)13-19/h4-14H,15H2,1-3H3,(H,25,27). The summed E-state index contributed by atoms with van der Waals surface area (Å²) in [6.07, 6.45) is 0. The molecule has 156 valence electrons. The zero-order valence-electron chi connectivity index (χ0n) is 17.0. The Morgan fingerprint density at radius 1 is 0.933 bits per heavy atom. The van der Waals surface area contributed by atoms with Crippen LogP contribution in [0, 0.1) is 20.8 Å². The summed E-state index contributed by atoms with van der Waals surface area (Å²) in [4.78, 5) is 12.8. The molecule has 7 heteroatoms. The largest absolute Gasteiger partial charge is 0.325 e. The van der Waals surface area contributed by atoms with Gasteiger partial charge < -0.3 is 5.32 Å². The summed E-state index contributed by atoms with van der Waals surface area (Å²) in [6, 6.07) is 18.8. The minimum atomic E-state index is -3.98. The molecule has 30 heavy (non-hydrogen) atoms. The highest BCUT2D eigenvalue weighted by atomic mass is 35.5. The molecule has 0 saturated carbocycles. The fraction of sp³-hybridized carbons (Fsp3) is 0.174. The van der Waals surface area contributed by atoms with Gasteiger partial charge in [-0.05, 0) is 68.3 Å². The summed E-state index contributed by atoms with van der Waals surface area (Å²) in [7, 11) is -3.98. The van der Waals surface area contributed by atoms with E-state index < -0.39 is 15.9 Å². The van der Waals surface area contributed by atoms with Crippen LogP contribution in [0.25, 0.3) is 0 Å². The summed E-state index contributed by atoms with van der Waals surface area (Å²) in [6.45, 7) is 5.24. The highest BCUT2D eigenvalue weighted by molar-refractivity contribution is 7.92. The maximum atomic E-state index is 13.4. The van der Waals surface area contributed by atoms with Crippen LogP contribution in [0.3, 0.4) is 0 Å². The molecule has 0 aromatic heterocycles. The number of halogens is 1. The second-order valence-electron chi connectivity index (χ2n) is 7.18. The van der Waals surface area contributed by atoms with Crippen molar-refractivity contribution in [1.29, 1.82) is 0 Å². The number of sulfonamides is 1. The molecule has 0 heterocycles. The Kier molecular flexibility index (Phi) is 6.48. The summed E-state index contributed by atoms with van der Waals surface area (Å²) in [5.41, 5.74) is 3.68. The van der Waals surface area contributed by atoms with Gasteiger partial charge in [-0.15, -0.1) is 0 Å². The van der Waals surface area contributed by atoms with Crippen LogP contribution in [-0.4, -0.2) is 20.9 Å². The summed E-state index contributed by atoms with van der Waals surface area (Å²) >= 11 is 6.24. The Labute approximate surface area is 182 Å². The predicted octanol–water partition coefficient (Wildman–Crippen LogP) is 5.10. The van der Waals surface area contributed by atoms with E-state index in [1.807, 2.05) is 39.0 Å². The number of benzene rings is 3. The Balaban J connectivity index is 1.97. The van der Waals surface area contributed by atoms with Crippen LogP contribution in [0.2, 0.25) is 5.02 Å². The smallest absolute Gasteiger partial charge is 0.264 e. The first-order valence-electron chi connectivity index (χ1n) is 9.39. The average molecular weight is 443 g/mol. The van der Waals surface area contributed by atoms with Gasteiger partial charge in [0, 0.05) is 10.7 Å². The third-order valence-electron chi connectivity index (χ3n) is 4.64. The van der Waals surface area contributed by atoms with E-state index in [9.17, 15) is 13.2 Å². The first-order valence-corrected chi connectivity index (χ1v) is 11.2. The molecule has 5 nitrogen and oxygen atoms in total. The number of hydrogen-bond acceptors (Lipinski definition) is 3. The number of aryl methyl sites for hydroxylation is 3. The second-order valence-corrected chi connectivity index (χ2v) is 9.45. The molecule has 3 aromatic rings. The lowest BCUT2D eigenvalue weighted by atomic mass is 10.2. The molecule has 0 fully saturated rings. The molecule has 0 atom stereocenters. The van der Waals surface area contributed by atoms with Crippen molar-refractivity contribution in [2.45, 2.75) is 25.7 Å². The van der Waals surface area contributed by atoms with Crippen LogP contribution in [0.1, 0.15) is 16.7 Å². The van der Waals surface area contributed by atoms with E-state index in [1.165, 1.54) is 12.1 Å². The van der Waals surface area contributed by atoms with Gasteiger partial charge in [0.2, 0.25) is 5.91 Å². The van der Waals surface area contributed by atoms with Gasteiger partial charge >= 0.3 is 0 Å². The molecule has 0 bridgehead atoms. The van der Waals surface area contributed by atoms with Crippen molar-refractivity contribution >= 4 is 38.9 Å². The quantitative estimate of drug-likeness (QED) is 0.577. The highest BCUT2D eigenvalue weighted by Gasteiger charge is 2.27. The minimum absolute atomic E-state index is 0.105. The molecule has 0 saturated heterocycles. The number of nitrogens with one attached hydrogen (secondary N) is 1. The zero-order valence-corrected chi connectivity index (χ0v) is 18.6. The predicted molar refractivity (Wildman–Crippen MR) is 122 cm³/mol. The Morgan fingerprint density at radius 3 is 2.27 bits per heavy atom. The van der Waals surface area contributed by atoms with E-state index in [0.29, 0.717) is 16.4 Å². The Morgan fingerprint density at radius 2 is 1.63 bits per heavy atom. The van der Waals surface area contributed by atoms with E-state index in [1.54, 1.807) is 36.4 Å². The number of carbonyl (C=O) groups excluding carboxylic acids is 1. The molecular formula is C23H23ClN2O3S. The monoisotopic (exact) mass is 442 g/mol. The molecule has 0 aliphatic carbocycles. The molecule has 0 unspecified atom stereocenters. The van der Waals surface area contributed by atoms with Gasteiger partial charge in [0.05, 0.1) is 10.6 Å². The van der Waals surface area contributed by atoms with Crippen molar-refractivity contribution in [3.05, 3.63) is 88.4 Å². The summed E-state index contributed by atoms with van der Waals surface area (Å²) in [5, 5.41) is 3.19. The molecule has 0 aliphatic heterocycles. The van der Waals surface area contributed by atoms with E-state index in [2.05, 4.69) is 5.32 Å². The maximum Gasteiger partial charge on any atom is 0.264 e. The SMILES string of the molecule is Cc1ccc(S(=O)(=O)N(CC(=O)Nc2cccc(C)c2)c2ccc(C)c(Cl)c2)cc1. The number of amides is 1. The lowest BCUT2D eigenvalue weighted by Gasteiger charge is -2.24. The molecular weight excluding hydrogens is 420 g/mol. The van der Waals surface area contributed by atoms with Gasteiger partial charge in [-0.3, -0.25) is 9.10 Å². The first kappa shape index (κ1) is 21.9. The molecule has 0 aliphatic rings. The second kappa shape index (κ2) is 8.90. The normalized spacial score (nSPS) is 11.2. The third-order valence-corrected chi connectivity index (χ3v) is 6.84. The van der Waals surface area contributed by atoms with E-state index in [-0.39, 0.29) is 11.4 Å². The van der Waals surface area contributed by atoms with Gasteiger partial charge in [0.25, 0.3) is 10.0 Å². The number of nitrogens with zero attached hydrogens (tertiary/aromatic N) is 1. The van der Waals surface area contributed by atoms with Gasteiger partial charge in [-0.25, -0.2) is 8.42 Å². The highest BCUT2D eigenvalue weighted by Crippen LogP contribution is 2.28. The van der Waals surface area contributed by atoms with Crippen LogP contribution in [0.15, 0.2) is 71.6 Å². The summed E-state index contributed by atoms with van der Waals surface area (Å²) < 4.78 is 27.8. The molecule has 3 aromatic carbocycles. The molecule has 1 N–H and O–H groups in total. The van der Waals surface area contributed by atoms with Crippen LogP contribution in [0.4, 0.5) is 11.4 Å². The van der Waals surface area contributed by atoms with E-state index >= 15 is 0 Å². The number of hydrogen-bond donors (Lipinski definition) is 1. The fourth-order valence-electron chi connectivity index (χ4n) is 2.94. The minimum Gasteiger partial charge on any atom is -0.325 e. The van der Waals surface area contributed by atoms with Crippen LogP contribution < -0.4 is 9.62 Å². The molecule has 1 amide bonds. The number of rotatable bonds is 6. The van der Waals surface area contributed by atoms with Gasteiger partial charge in [-0.1, -0.05) is 47.5 Å². The van der Waals surface area contributed by atoms with Gasteiger partial charge in [0.1, 0.15) is 6.54 Å². The Bertz CT molecular complexity index is 1180. The Hall–Kier alpha value is -2.83. The van der Waals surface area contributed by atoms with E-state index in [0.717, 1.165) is 21.0 Å². The number of carbonyl (C=O) groups is 1. The van der Waals surface area contributed by atoms with Crippen molar-refractivity contribution in [2.24, 2.45) is 0 Å². The molecule has 0 radical (unpaired) electrons. The molecule has 0 spiro atoms. The maximum absolute atomic E-state index is 13.4. The van der Waals surface area contributed by atoms with Crippen LogP contribution in [0.5, 0.6) is 0 Å². The lowest BCUT2D eigenvalue weighted by molar-refractivity contribution is -0.114. The van der Waals surface area contributed by atoms with Crippen molar-refractivity contribution < 1.29 is 13.2 Å². The zero-order chi connectivity index (χ0) is 21.9. The average Bonchev–Trinajstić information content (AvgIpc) is 2.68. The van der Waals surface area contributed by atoms with Crippen LogP contribution in [-0.2, 0) is 14.8 Å². The van der Waals surface area contributed by atoms with Gasteiger partial charge in [0.15, 0.2) is 0 Å². The van der Waals surface area contributed by atoms with E-state index in [4.69, 9.17) is 11.6 Å².